The number of nitrogens with zero attached hydrogens (tertiary/aromatic N) is 2. The molecule has 8 heteroatoms. The molecule has 3 N–H and O–H groups in total. The molecule has 2 rings (SSSR count). The molecule has 1 fully saturated rings. The molecule has 20 heavy (non-hydrogen) atoms. The number of amides is 1. The van der Waals surface area contributed by atoms with Crippen LogP contribution in [0.2, 0.25) is 0 Å². The average molecular weight is 294 g/mol. The van der Waals surface area contributed by atoms with Crippen LogP contribution in [0.15, 0.2) is 29.2 Å². The van der Waals surface area contributed by atoms with E-state index in [4.69, 9.17) is 11.0 Å². The molecule has 1 aliphatic rings. The fourth-order valence-corrected chi connectivity index (χ4v) is 3.65. The van der Waals surface area contributed by atoms with Gasteiger partial charge in [-0.3, -0.25) is 4.79 Å². The van der Waals surface area contributed by atoms with Gasteiger partial charge in [0.1, 0.15) is 6.04 Å². The summed E-state index contributed by atoms with van der Waals surface area (Å²) in [6.07, 6.45) is 0. The highest BCUT2D eigenvalue weighted by Crippen LogP contribution is 2.19. The van der Waals surface area contributed by atoms with Crippen LogP contribution < -0.4 is 11.1 Å². The molecule has 0 aromatic heterocycles. The maximum absolute atomic E-state index is 12.5. The van der Waals surface area contributed by atoms with Crippen molar-refractivity contribution in [1.29, 1.82) is 5.26 Å². The molecule has 1 unspecified atom stereocenters. The molecule has 0 radical (unpaired) electrons. The van der Waals surface area contributed by atoms with Gasteiger partial charge in [0.2, 0.25) is 15.9 Å². The second-order valence-corrected chi connectivity index (χ2v) is 6.26. The fourth-order valence-electron chi connectivity index (χ4n) is 2.05. The first kappa shape index (κ1) is 14.5. The Morgan fingerprint density at radius 3 is 2.60 bits per heavy atom. The standard InChI is InChI=1S/C12H14N4O3S/c13-7-9-1-3-10(4-2-9)20(18,19)16-6-5-15-8-11(16)12(14)17/h1-4,11,15H,5-6,8H2,(H2,14,17). The topological polar surface area (TPSA) is 116 Å². The number of piperazine rings is 1. The third-order valence-corrected chi connectivity index (χ3v) is 5.04. The van der Waals surface area contributed by atoms with E-state index in [1.165, 1.54) is 24.3 Å². The van der Waals surface area contributed by atoms with E-state index in [0.717, 1.165) is 4.31 Å². The quantitative estimate of drug-likeness (QED) is 0.742. The molecule has 0 bridgehead atoms. The largest absolute Gasteiger partial charge is 0.368 e. The van der Waals surface area contributed by atoms with Gasteiger partial charge in [0.25, 0.3) is 0 Å². The lowest BCUT2D eigenvalue weighted by atomic mass is 10.2. The normalized spacial score (nSPS) is 20.2. The van der Waals surface area contributed by atoms with Crippen molar-refractivity contribution in [1.82, 2.24) is 9.62 Å². The van der Waals surface area contributed by atoms with Gasteiger partial charge in [-0.1, -0.05) is 0 Å². The monoisotopic (exact) mass is 294 g/mol. The number of hydrogen-bond donors (Lipinski definition) is 2. The molecular formula is C12H14N4O3S. The minimum atomic E-state index is -3.80. The molecule has 1 aromatic carbocycles. The molecule has 7 nitrogen and oxygen atoms in total. The maximum atomic E-state index is 12.5. The van der Waals surface area contributed by atoms with E-state index in [0.29, 0.717) is 12.1 Å². The highest BCUT2D eigenvalue weighted by Gasteiger charge is 2.36. The predicted molar refractivity (Wildman–Crippen MR) is 70.9 cm³/mol. The predicted octanol–water partition coefficient (Wildman–Crippen LogP) is -0.994. The summed E-state index contributed by atoms with van der Waals surface area (Å²) in [6.45, 7) is 0.833. The summed E-state index contributed by atoms with van der Waals surface area (Å²) in [5, 5.41) is 11.7. The summed E-state index contributed by atoms with van der Waals surface area (Å²) in [5.41, 5.74) is 5.62. The molecule has 0 aliphatic carbocycles. The molecule has 0 spiro atoms. The van der Waals surface area contributed by atoms with Crippen LogP contribution in [-0.4, -0.2) is 44.3 Å². The van der Waals surface area contributed by atoms with E-state index in [1.807, 2.05) is 6.07 Å². The SMILES string of the molecule is N#Cc1ccc(S(=O)(=O)N2CCNCC2C(N)=O)cc1. The number of rotatable bonds is 3. The smallest absolute Gasteiger partial charge is 0.243 e. The number of carbonyl (C=O) groups excluding carboxylic acids is 1. The number of sulfonamides is 1. The summed E-state index contributed by atoms with van der Waals surface area (Å²) >= 11 is 0. The number of primary amides is 1. The van der Waals surface area contributed by atoms with Crippen LogP contribution in [0.1, 0.15) is 5.56 Å². The molecule has 1 aliphatic heterocycles. The summed E-state index contributed by atoms with van der Waals surface area (Å²) < 4.78 is 26.1. The fraction of sp³-hybridized carbons (Fsp3) is 0.333. The van der Waals surface area contributed by atoms with Crippen molar-refractivity contribution in [2.24, 2.45) is 5.73 Å². The molecular weight excluding hydrogens is 280 g/mol. The molecule has 1 atom stereocenters. The van der Waals surface area contributed by atoms with Crippen LogP contribution in [0.25, 0.3) is 0 Å². The summed E-state index contributed by atoms with van der Waals surface area (Å²) in [4.78, 5) is 11.4. The Morgan fingerprint density at radius 2 is 2.05 bits per heavy atom. The minimum Gasteiger partial charge on any atom is -0.368 e. The van der Waals surface area contributed by atoms with Crippen molar-refractivity contribution in [3.05, 3.63) is 29.8 Å². The highest BCUT2D eigenvalue weighted by atomic mass is 32.2. The number of carbonyl (C=O) groups is 1. The summed E-state index contributed by atoms with van der Waals surface area (Å²) in [6, 6.07) is 6.58. The number of hydrogen-bond acceptors (Lipinski definition) is 5. The lowest BCUT2D eigenvalue weighted by Gasteiger charge is -2.33. The van der Waals surface area contributed by atoms with E-state index in [-0.39, 0.29) is 18.0 Å². The van der Waals surface area contributed by atoms with Gasteiger partial charge >= 0.3 is 0 Å². The second kappa shape index (κ2) is 5.58. The van der Waals surface area contributed by atoms with Crippen LogP contribution >= 0.6 is 0 Å². The van der Waals surface area contributed by atoms with Gasteiger partial charge in [-0.2, -0.15) is 9.57 Å². The van der Waals surface area contributed by atoms with E-state index in [1.54, 1.807) is 0 Å². The van der Waals surface area contributed by atoms with E-state index in [9.17, 15) is 13.2 Å². The Balaban J connectivity index is 2.37. The van der Waals surface area contributed by atoms with Gasteiger partial charge in [0.05, 0.1) is 16.5 Å². The van der Waals surface area contributed by atoms with Crippen LogP contribution in [0, 0.1) is 11.3 Å². The zero-order valence-corrected chi connectivity index (χ0v) is 11.4. The highest BCUT2D eigenvalue weighted by molar-refractivity contribution is 7.89. The van der Waals surface area contributed by atoms with Crippen molar-refractivity contribution < 1.29 is 13.2 Å². The third-order valence-electron chi connectivity index (χ3n) is 3.11. The first-order chi connectivity index (χ1) is 9.46. The van der Waals surface area contributed by atoms with Gasteiger partial charge in [-0.05, 0) is 24.3 Å². The van der Waals surface area contributed by atoms with Crippen molar-refractivity contribution >= 4 is 15.9 Å². The maximum Gasteiger partial charge on any atom is 0.243 e. The van der Waals surface area contributed by atoms with Crippen LogP contribution in [0.5, 0.6) is 0 Å². The minimum absolute atomic E-state index is 0.0460. The lowest BCUT2D eigenvalue weighted by Crippen LogP contribution is -2.58. The first-order valence-electron chi connectivity index (χ1n) is 5.99. The molecule has 0 saturated carbocycles. The summed E-state index contributed by atoms with van der Waals surface area (Å²) in [5.74, 6) is -0.686. The van der Waals surface area contributed by atoms with E-state index in [2.05, 4.69) is 5.32 Å². The molecule has 1 amide bonds. The van der Waals surface area contributed by atoms with Crippen molar-refractivity contribution in [2.75, 3.05) is 19.6 Å². The number of benzene rings is 1. The summed E-state index contributed by atoms with van der Waals surface area (Å²) in [7, 11) is -3.80. The number of nitrogens with one attached hydrogen (secondary N) is 1. The van der Waals surface area contributed by atoms with Gasteiger partial charge in [0.15, 0.2) is 0 Å². The Labute approximate surface area is 117 Å². The van der Waals surface area contributed by atoms with Gasteiger partial charge in [-0.15, -0.1) is 0 Å². The van der Waals surface area contributed by atoms with Crippen LogP contribution in [0.4, 0.5) is 0 Å². The van der Waals surface area contributed by atoms with Crippen LogP contribution in [0.3, 0.4) is 0 Å². The molecule has 1 aromatic rings. The number of nitrogens with two attached hydrogens (primary N) is 1. The Morgan fingerprint density at radius 1 is 1.40 bits per heavy atom. The van der Waals surface area contributed by atoms with Gasteiger partial charge in [-0.25, -0.2) is 8.42 Å². The number of nitriles is 1. The van der Waals surface area contributed by atoms with Crippen LogP contribution in [-0.2, 0) is 14.8 Å². The average Bonchev–Trinajstić information content (AvgIpc) is 2.47. The molecule has 106 valence electrons. The lowest BCUT2D eigenvalue weighted by molar-refractivity contribution is -0.122. The molecule has 1 heterocycles. The Bertz CT molecular complexity index is 648. The van der Waals surface area contributed by atoms with Crippen molar-refractivity contribution in [3.63, 3.8) is 0 Å². The molecule has 1 saturated heterocycles. The van der Waals surface area contributed by atoms with Gasteiger partial charge < -0.3 is 11.1 Å². The van der Waals surface area contributed by atoms with Crippen molar-refractivity contribution in [3.8, 4) is 6.07 Å². The zero-order valence-electron chi connectivity index (χ0n) is 10.6. The Hall–Kier alpha value is -1.95. The third kappa shape index (κ3) is 2.65. The van der Waals surface area contributed by atoms with Gasteiger partial charge in [0, 0.05) is 19.6 Å². The Kier molecular flexibility index (Phi) is 4.04. The van der Waals surface area contributed by atoms with Crippen molar-refractivity contribution in [2.45, 2.75) is 10.9 Å². The first-order valence-corrected chi connectivity index (χ1v) is 7.43. The van der Waals surface area contributed by atoms with E-state index >= 15 is 0 Å². The second-order valence-electron chi connectivity index (χ2n) is 4.37. The van der Waals surface area contributed by atoms with E-state index < -0.39 is 22.0 Å². The zero-order chi connectivity index (χ0) is 14.8.